The number of hydrogen-bond acceptors (Lipinski definition) is 3. The number of hydrogen-bond donors (Lipinski definition) is 0. The van der Waals surface area contributed by atoms with E-state index in [1.807, 2.05) is 0 Å². The van der Waals surface area contributed by atoms with Crippen LogP contribution in [0.15, 0.2) is 0 Å². The molecule has 1 aliphatic heterocycles. The van der Waals surface area contributed by atoms with Crippen LogP contribution in [0.5, 0.6) is 0 Å². The van der Waals surface area contributed by atoms with Gasteiger partial charge in [0.25, 0.3) is 5.91 Å². The van der Waals surface area contributed by atoms with E-state index in [4.69, 9.17) is 11.8 Å². The summed E-state index contributed by atoms with van der Waals surface area (Å²) in [6, 6.07) is 0. The van der Waals surface area contributed by atoms with Gasteiger partial charge in [-0.1, -0.05) is 24.0 Å². The number of thioether (sulfide) groups is 1. The monoisotopic (exact) mass is 167 g/mol. The maximum absolute atomic E-state index is 10.5. The van der Waals surface area contributed by atoms with E-state index in [-0.39, 0.29) is 5.91 Å². The lowest BCUT2D eigenvalue weighted by atomic mass is 10.7. The number of amides is 1. The first-order valence-electron chi connectivity index (χ1n) is 1.87. The molecule has 1 fully saturated rings. The highest BCUT2D eigenvalue weighted by molar-refractivity contribution is 8.24. The lowest BCUT2D eigenvalue weighted by molar-refractivity contribution is -0.120. The van der Waals surface area contributed by atoms with Crippen molar-refractivity contribution in [3.05, 3.63) is 0 Å². The molecule has 5 heteroatoms. The molecule has 8 heavy (non-hydrogen) atoms. The van der Waals surface area contributed by atoms with E-state index < -0.39 is 0 Å². The molecule has 0 radical (unpaired) electrons. The summed E-state index contributed by atoms with van der Waals surface area (Å²) in [5.74, 6) is 0.268. The van der Waals surface area contributed by atoms with Gasteiger partial charge in [0.2, 0.25) is 0 Å². The second-order valence-corrected chi connectivity index (χ2v) is 3.18. The fourth-order valence-corrected chi connectivity index (χ4v) is 1.49. The first kappa shape index (κ1) is 6.32. The molecule has 0 aliphatic carbocycles. The molecule has 44 valence electrons. The van der Waals surface area contributed by atoms with E-state index in [0.29, 0.717) is 10.1 Å². The van der Waals surface area contributed by atoms with Crippen molar-refractivity contribution >= 4 is 46.0 Å². The van der Waals surface area contributed by atoms with Gasteiger partial charge in [0.15, 0.2) is 4.32 Å². The highest BCUT2D eigenvalue weighted by atomic mass is 35.5. The Morgan fingerprint density at radius 3 is 2.62 bits per heavy atom. The summed E-state index contributed by atoms with van der Waals surface area (Å²) in [6.07, 6.45) is 0. The van der Waals surface area contributed by atoms with Crippen LogP contribution in [0.4, 0.5) is 0 Å². The van der Waals surface area contributed by atoms with E-state index in [9.17, 15) is 4.79 Å². The van der Waals surface area contributed by atoms with Crippen LogP contribution in [0.25, 0.3) is 0 Å². The number of carbonyl (C=O) groups excluding carboxylic acids is 1. The van der Waals surface area contributed by atoms with Gasteiger partial charge in [-0.3, -0.25) is 4.79 Å². The third kappa shape index (κ3) is 0.962. The number of nitrogens with zero attached hydrogens (tertiary/aromatic N) is 1. The smallest absolute Gasteiger partial charge is 0.253 e. The van der Waals surface area contributed by atoms with Gasteiger partial charge < -0.3 is 0 Å². The SMILES string of the molecule is O=C1CSC(=S)N1Cl. The van der Waals surface area contributed by atoms with Crippen LogP contribution in [0.2, 0.25) is 0 Å². The van der Waals surface area contributed by atoms with Gasteiger partial charge in [0.1, 0.15) is 0 Å². The van der Waals surface area contributed by atoms with E-state index >= 15 is 0 Å². The van der Waals surface area contributed by atoms with E-state index in [2.05, 4.69) is 12.2 Å². The summed E-state index contributed by atoms with van der Waals surface area (Å²) in [4.78, 5) is 10.5. The van der Waals surface area contributed by atoms with Gasteiger partial charge in [0, 0.05) is 11.8 Å². The molecule has 1 rings (SSSR count). The zero-order valence-electron chi connectivity index (χ0n) is 3.76. The van der Waals surface area contributed by atoms with Crippen molar-refractivity contribution in [1.82, 2.24) is 4.42 Å². The molecule has 2 nitrogen and oxygen atoms in total. The van der Waals surface area contributed by atoms with Gasteiger partial charge in [-0.05, 0) is 0 Å². The van der Waals surface area contributed by atoms with Crippen molar-refractivity contribution in [2.24, 2.45) is 0 Å². The zero-order valence-corrected chi connectivity index (χ0v) is 6.15. The molecule has 0 spiro atoms. The molecule has 1 saturated heterocycles. The van der Waals surface area contributed by atoms with Crippen LogP contribution in [-0.4, -0.2) is 20.4 Å². The number of thiocarbonyl (C=S) groups is 1. The predicted molar refractivity (Wildman–Crippen MR) is 37.8 cm³/mol. The van der Waals surface area contributed by atoms with E-state index in [1.54, 1.807) is 0 Å². The van der Waals surface area contributed by atoms with E-state index in [1.165, 1.54) is 11.8 Å². The van der Waals surface area contributed by atoms with Gasteiger partial charge in [-0.15, -0.1) is 0 Å². The van der Waals surface area contributed by atoms with Gasteiger partial charge in [-0.25, -0.2) is 4.42 Å². The van der Waals surface area contributed by atoms with Gasteiger partial charge in [-0.2, -0.15) is 0 Å². The fraction of sp³-hybridized carbons (Fsp3) is 0.333. The third-order valence-electron chi connectivity index (χ3n) is 0.698. The summed E-state index contributed by atoms with van der Waals surface area (Å²) in [6.45, 7) is 0. The summed E-state index contributed by atoms with van der Waals surface area (Å²) < 4.78 is 1.43. The van der Waals surface area contributed by atoms with Crippen molar-refractivity contribution in [2.75, 3.05) is 5.75 Å². The standard InChI is InChI=1S/C3H2ClNOS2/c4-5-2(6)1-8-3(5)7/h1H2. The Bertz CT molecular complexity index is 132. The first-order valence-corrected chi connectivity index (χ1v) is 3.60. The summed E-state index contributed by atoms with van der Waals surface area (Å²) >= 11 is 11.3. The molecule has 0 aromatic heterocycles. The number of halogens is 1. The van der Waals surface area contributed by atoms with Crippen LogP contribution in [0.1, 0.15) is 0 Å². The minimum Gasteiger partial charge on any atom is -0.272 e. The topological polar surface area (TPSA) is 20.3 Å². The van der Waals surface area contributed by atoms with Gasteiger partial charge >= 0.3 is 0 Å². The molecule has 0 saturated carbocycles. The largest absolute Gasteiger partial charge is 0.272 e. The lowest BCUT2D eigenvalue weighted by Crippen LogP contribution is -2.16. The Kier molecular flexibility index (Phi) is 1.74. The summed E-state index contributed by atoms with van der Waals surface area (Å²) in [5.41, 5.74) is 0. The average Bonchev–Trinajstić information content (AvgIpc) is 1.98. The molecule has 1 aliphatic rings. The molecule has 1 heterocycles. The fourth-order valence-electron chi connectivity index (χ4n) is 0.339. The van der Waals surface area contributed by atoms with Crippen molar-refractivity contribution in [1.29, 1.82) is 0 Å². The molecule has 0 aromatic carbocycles. The quantitative estimate of drug-likeness (QED) is 0.397. The maximum Gasteiger partial charge on any atom is 0.253 e. The van der Waals surface area contributed by atoms with Crippen molar-refractivity contribution in [3.63, 3.8) is 0 Å². The Balaban J connectivity index is 2.70. The minimum atomic E-state index is -0.123. The van der Waals surface area contributed by atoms with E-state index in [0.717, 1.165) is 4.42 Å². The lowest BCUT2D eigenvalue weighted by Gasteiger charge is -1.98. The normalized spacial score (nSPS) is 20.4. The predicted octanol–water partition coefficient (Wildman–Crippen LogP) is 1.00. The first-order chi connectivity index (χ1) is 3.72. The van der Waals surface area contributed by atoms with Crippen LogP contribution in [-0.2, 0) is 4.79 Å². The van der Waals surface area contributed by atoms with Crippen LogP contribution >= 0.6 is 35.8 Å². The Hall–Kier alpha value is 0.200. The van der Waals surface area contributed by atoms with Crippen molar-refractivity contribution in [3.8, 4) is 0 Å². The van der Waals surface area contributed by atoms with Crippen LogP contribution < -0.4 is 0 Å². The molecular formula is C3H2ClNOS2. The summed E-state index contributed by atoms with van der Waals surface area (Å²) in [7, 11) is 0. The molecule has 0 atom stereocenters. The summed E-state index contributed by atoms with van der Waals surface area (Å²) in [5, 5.41) is 0. The Morgan fingerprint density at radius 1 is 1.88 bits per heavy atom. The molecule has 0 aromatic rings. The second-order valence-electron chi connectivity index (χ2n) is 1.23. The Morgan fingerprint density at radius 2 is 2.50 bits per heavy atom. The third-order valence-corrected chi connectivity index (χ3v) is 2.61. The second kappa shape index (κ2) is 2.21. The number of rotatable bonds is 0. The average molecular weight is 168 g/mol. The minimum absolute atomic E-state index is 0.123. The molecular weight excluding hydrogens is 166 g/mol. The van der Waals surface area contributed by atoms with Crippen LogP contribution in [0, 0.1) is 0 Å². The highest BCUT2D eigenvalue weighted by Gasteiger charge is 2.24. The zero-order chi connectivity index (χ0) is 6.15. The molecule has 0 bridgehead atoms. The molecule has 0 N–H and O–H groups in total. The number of carbonyl (C=O) groups is 1. The molecule has 1 amide bonds. The molecule has 0 unspecified atom stereocenters. The van der Waals surface area contributed by atoms with Gasteiger partial charge in [0.05, 0.1) is 5.75 Å². The van der Waals surface area contributed by atoms with Crippen molar-refractivity contribution < 1.29 is 4.79 Å². The van der Waals surface area contributed by atoms with Crippen molar-refractivity contribution in [2.45, 2.75) is 0 Å². The maximum atomic E-state index is 10.5. The van der Waals surface area contributed by atoms with Crippen LogP contribution in [0.3, 0.4) is 0 Å². The Labute approximate surface area is 61.3 Å². The highest BCUT2D eigenvalue weighted by Crippen LogP contribution is 2.20.